The highest BCUT2D eigenvalue weighted by Crippen LogP contribution is 2.31. The van der Waals surface area contributed by atoms with Crippen molar-refractivity contribution in [1.29, 1.82) is 0 Å². The number of hydrogen-bond acceptors (Lipinski definition) is 4. The van der Waals surface area contributed by atoms with Gasteiger partial charge < -0.3 is 14.5 Å². The zero-order chi connectivity index (χ0) is 22.8. The Balaban J connectivity index is 1.75. The van der Waals surface area contributed by atoms with E-state index < -0.39 is 15.6 Å². The molecule has 0 bridgehead atoms. The molecule has 0 fully saturated rings. The predicted molar refractivity (Wildman–Crippen MR) is 116 cm³/mol. The fourth-order valence-electron chi connectivity index (χ4n) is 3.38. The summed E-state index contributed by atoms with van der Waals surface area (Å²) in [5, 5.41) is 0.659. The van der Waals surface area contributed by atoms with Gasteiger partial charge in [0, 0.05) is 34.7 Å². The van der Waals surface area contributed by atoms with Gasteiger partial charge in [-0.1, -0.05) is 0 Å². The Kier molecular flexibility index (Phi) is 6.78. The molecule has 0 amide bonds. The monoisotopic (exact) mass is 472 g/mol. The summed E-state index contributed by atoms with van der Waals surface area (Å²) < 4.78 is 63.7. The van der Waals surface area contributed by atoms with Gasteiger partial charge in [0.15, 0.2) is 0 Å². The molecule has 0 spiro atoms. The van der Waals surface area contributed by atoms with Crippen LogP contribution in [0, 0.1) is 13.8 Å². The largest absolute Gasteiger partial charge is 0.494 e. The van der Waals surface area contributed by atoms with Crippen molar-refractivity contribution in [3.8, 4) is 11.5 Å². The number of halogens is 3. The van der Waals surface area contributed by atoms with Crippen LogP contribution in [0.25, 0.3) is 10.9 Å². The van der Waals surface area contributed by atoms with Crippen LogP contribution < -0.4 is 14.2 Å². The lowest BCUT2D eigenvalue weighted by Crippen LogP contribution is -2.26. The topological polar surface area (TPSA) is 80.4 Å². The van der Waals surface area contributed by atoms with Gasteiger partial charge in [0.25, 0.3) is 0 Å². The van der Waals surface area contributed by atoms with Crippen molar-refractivity contribution in [3.63, 3.8) is 0 Å². The van der Waals surface area contributed by atoms with Gasteiger partial charge in [-0.05, 0) is 74.7 Å². The van der Waals surface area contributed by atoms with E-state index in [1.807, 2.05) is 13.8 Å². The van der Waals surface area contributed by atoms with E-state index in [4.69, 9.17) is 16.3 Å². The minimum Gasteiger partial charge on any atom is -0.494 e. The summed E-state index contributed by atoms with van der Waals surface area (Å²) in [6.45, 7) is 6.08. The standard InChI is InChI=1S/C21H23ClF2N2O4S/c1-4-29-20-8-6-16(11-13(20)2)31(27,28)25-10-9-17-14(3)26-19-7-5-15(12-18(17)19)30-21(22,23)24/h5-8,11-12,25-26H,4,9-10H2,1-3H3. The van der Waals surface area contributed by atoms with Crippen molar-refractivity contribution in [1.82, 2.24) is 9.71 Å². The first kappa shape index (κ1) is 23.3. The average molecular weight is 473 g/mol. The Morgan fingerprint density at radius 1 is 1.16 bits per heavy atom. The molecule has 0 unspecified atom stereocenters. The van der Waals surface area contributed by atoms with Gasteiger partial charge in [-0.2, -0.15) is 0 Å². The maximum Gasteiger partial charge on any atom is 0.487 e. The highest BCUT2D eigenvalue weighted by Gasteiger charge is 2.28. The van der Waals surface area contributed by atoms with Gasteiger partial charge in [-0.15, -0.1) is 8.78 Å². The second kappa shape index (κ2) is 9.02. The molecular formula is C21H23ClF2N2O4S. The molecule has 0 aliphatic heterocycles. The third kappa shape index (κ3) is 5.66. The van der Waals surface area contributed by atoms with Crippen LogP contribution in [-0.2, 0) is 16.4 Å². The molecule has 1 aromatic heterocycles. The summed E-state index contributed by atoms with van der Waals surface area (Å²) in [5.74, 6) is 0.551. The summed E-state index contributed by atoms with van der Waals surface area (Å²) in [6, 6.07) is 9.12. The van der Waals surface area contributed by atoms with Gasteiger partial charge in [0.1, 0.15) is 11.5 Å². The molecule has 0 aliphatic rings. The van der Waals surface area contributed by atoms with Crippen LogP contribution in [0.3, 0.4) is 0 Å². The number of nitrogens with one attached hydrogen (secondary N) is 2. The highest BCUT2D eigenvalue weighted by molar-refractivity contribution is 7.89. The number of hydrogen-bond donors (Lipinski definition) is 2. The number of H-pyrrole nitrogens is 1. The summed E-state index contributed by atoms with van der Waals surface area (Å²) in [4.78, 5) is 3.30. The Hall–Kier alpha value is -2.36. The minimum absolute atomic E-state index is 0.0850. The van der Waals surface area contributed by atoms with Crippen LogP contribution in [0.4, 0.5) is 8.78 Å². The first-order valence-corrected chi connectivity index (χ1v) is 11.5. The summed E-state index contributed by atoms with van der Waals surface area (Å²) in [6.07, 6.45) is 0.349. The first-order chi connectivity index (χ1) is 14.5. The number of fused-ring (bicyclic) bond motifs is 1. The first-order valence-electron chi connectivity index (χ1n) is 9.60. The third-order valence-electron chi connectivity index (χ3n) is 4.75. The van der Waals surface area contributed by atoms with Crippen molar-refractivity contribution < 1.29 is 26.7 Å². The summed E-state index contributed by atoms with van der Waals surface area (Å²) in [7, 11) is -3.72. The fourth-order valence-corrected chi connectivity index (χ4v) is 4.59. The lowest BCUT2D eigenvalue weighted by Gasteiger charge is -2.11. The van der Waals surface area contributed by atoms with Crippen LogP contribution in [-0.4, -0.2) is 32.1 Å². The van der Waals surface area contributed by atoms with Crippen LogP contribution in [0.1, 0.15) is 23.7 Å². The SMILES string of the molecule is CCOc1ccc(S(=O)(=O)NCCc2c(C)[nH]c3ccc(OC(F)(F)Cl)cc23)cc1C. The molecular weight excluding hydrogens is 450 g/mol. The van der Waals surface area contributed by atoms with Gasteiger partial charge in [0.2, 0.25) is 10.0 Å². The maximum absolute atomic E-state index is 13.0. The predicted octanol–water partition coefficient (Wildman–Crippen LogP) is 4.87. The Morgan fingerprint density at radius 2 is 1.90 bits per heavy atom. The van der Waals surface area contributed by atoms with Gasteiger partial charge >= 0.3 is 5.57 Å². The lowest BCUT2D eigenvalue weighted by molar-refractivity contribution is -0.0964. The molecule has 3 rings (SSSR count). The third-order valence-corrected chi connectivity index (χ3v) is 6.28. The number of aryl methyl sites for hydroxylation is 2. The van der Waals surface area contributed by atoms with Crippen molar-refractivity contribution in [2.24, 2.45) is 0 Å². The van der Waals surface area contributed by atoms with E-state index in [1.54, 1.807) is 25.1 Å². The number of aromatic nitrogens is 1. The van der Waals surface area contributed by atoms with Crippen molar-refractivity contribution in [3.05, 3.63) is 53.2 Å². The zero-order valence-electron chi connectivity index (χ0n) is 17.3. The van der Waals surface area contributed by atoms with E-state index >= 15 is 0 Å². The molecule has 6 nitrogen and oxygen atoms in total. The normalized spacial score (nSPS) is 12.3. The molecule has 2 N–H and O–H groups in total. The second-order valence-corrected chi connectivity index (χ2v) is 9.20. The molecule has 2 aromatic carbocycles. The maximum atomic E-state index is 13.0. The molecule has 0 saturated heterocycles. The number of sulfonamides is 1. The lowest BCUT2D eigenvalue weighted by atomic mass is 10.1. The molecule has 3 aromatic rings. The van der Waals surface area contributed by atoms with E-state index in [0.717, 1.165) is 22.3 Å². The number of ether oxygens (including phenoxy) is 2. The summed E-state index contributed by atoms with van der Waals surface area (Å²) >= 11 is 4.85. The van der Waals surface area contributed by atoms with E-state index in [2.05, 4.69) is 14.4 Å². The number of rotatable bonds is 9. The Labute approximate surface area is 184 Å². The van der Waals surface area contributed by atoms with Gasteiger partial charge in [-0.3, -0.25) is 0 Å². The molecule has 31 heavy (non-hydrogen) atoms. The van der Waals surface area contributed by atoms with Crippen molar-refractivity contribution in [2.45, 2.75) is 37.7 Å². The molecule has 0 aliphatic carbocycles. The number of alkyl halides is 3. The average Bonchev–Trinajstić information content (AvgIpc) is 2.97. The number of aromatic amines is 1. The van der Waals surface area contributed by atoms with Crippen LogP contribution in [0.2, 0.25) is 0 Å². The van der Waals surface area contributed by atoms with Crippen molar-refractivity contribution >= 4 is 32.5 Å². The zero-order valence-corrected chi connectivity index (χ0v) is 18.8. The Morgan fingerprint density at radius 3 is 2.55 bits per heavy atom. The molecule has 1 heterocycles. The molecule has 0 radical (unpaired) electrons. The van der Waals surface area contributed by atoms with E-state index in [9.17, 15) is 17.2 Å². The van der Waals surface area contributed by atoms with Crippen LogP contribution in [0.15, 0.2) is 41.3 Å². The Bertz CT molecular complexity index is 1190. The molecule has 168 valence electrons. The second-order valence-electron chi connectivity index (χ2n) is 6.99. The van der Waals surface area contributed by atoms with Crippen molar-refractivity contribution in [2.75, 3.05) is 13.2 Å². The van der Waals surface area contributed by atoms with Crippen LogP contribution >= 0.6 is 11.6 Å². The van der Waals surface area contributed by atoms with Crippen LogP contribution in [0.5, 0.6) is 11.5 Å². The number of benzene rings is 2. The molecule has 0 saturated carbocycles. The van der Waals surface area contributed by atoms with E-state index in [0.29, 0.717) is 24.2 Å². The smallest absolute Gasteiger partial charge is 0.487 e. The van der Waals surface area contributed by atoms with E-state index in [1.165, 1.54) is 18.2 Å². The fraction of sp³-hybridized carbons (Fsp3) is 0.333. The quantitative estimate of drug-likeness (QED) is 0.435. The van der Waals surface area contributed by atoms with Gasteiger partial charge in [0.05, 0.1) is 11.5 Å². The summed E-state index contributed by atoms with van der Waals surface area (Å²) in [5.41, 5.74) is -0.765. The molecule has 0 atom stereocenters. The van der Waals surface area contributed by atoms with Gasteiger partial charge in [-0.25, -0.2) is 13.1 Å². The molecule has 10 heteroatoms. The van der Waals surface area contributed by atoms with E-state index in [-0.39, 0.29) is 17.2 Å². The minimum atomic E-state index is -3.81. The highest BCUT2D eigenvalue weighted by atomic mass is 35.5.